The van der Waals surface area contributed by atoms with Gasteiger partial charge in [0.1, 0.15) is 6.04 Å². The molecule has 0 aliphatic carbocycles. The molecule has 1 aliphatic heterocycles. The first-order chi connectivity index (χ1) is 10.8. The van der Waals surface area contributed by atoms with Gasteiger partial charge in [0.25, 0.3) is 5.91 Å². The van der Waals surface area contributed by atoms with E-state index in [0.717, 1.165) is 6.42 Å². The molecule has 0 aromatic heterocycles. The van der Waals surface area contributed by atoms with Crippen LogP contribution in [0.2, 0.25) is 0 Å². The van der Waals surface area contributed by atoms with Crippen molar-refractivity contribution in [3.8, 4) is 0 Å². The van der Waals surface area contributed by atoms with Crippen LogP contribution in [0.15, 0.2) is 24.3 Å². The van der Waals surface area contributed by atoms with Crippen LogP contribution in [0.1, 0.15) is 50.0 Å². The van der Waals surface area contributed by atoms with Crippen molar-refractivity contribution in [3.05, 3.63) is 35.4 Å². The number of esters is 1. The molecule has 5 heteroatoms. The summed E-state index contributed by atoms with van der Waals surface area (Å²) in [6, 6.07) is 7.20. The summed E-state index contributed by atoms with van der Waals surface area (Å²) in [6.07, 6.45) is 0.786. The van der Waals surface area contributed by atoms with Gasteiger partial charge >= 0.3 is 5.97 Å². The van der Waals surface area contributed by atoms with Crippen molar-refractivity contribution >= 4 is 23.6 Å². The van der Waals surface area contributed by atoms with Crippen molar-refractivity contribution in [2.24, 2.45) is 0 Å². The summed E-state index contributed by atoms with van der Waals surface area (Å²) in [5.74, 6) is 0.741. The summed E-state index contributed by atoms with van der Waals surface area (Å²) in [5.41, 5.74) is 1.86. The van der Waals surface area contributed by atoms with E-state index in [2.05, 4.69) is 20.8 Å². The monoisotopic (exact) mass is 335 g/mol. The van der Waals surface area contributed by atoms with Crippen LogP contribution in [-0.4, -0.2) is 41.1 Å². The Hall–Kier alpha value is -1.49. The van der Waals surface area contributed by atoms with Crippen molar-refractivity contribution in [2.45, 2.75) is 45.6 Å². The van der Waals surface area contributed by atoms with E-state index in [-0.39, 0.29) is 17.3 Å². The third kappa shape index (κ3) is 4.28. The molecule has 1 saturated heterocycles. The average molecular weight is 335 g/mol. The van der Waals surface area contributed by atoms with E-state index >= 15 is 0 Å². The van der Waals surface area contributed by atoms with Gasteiger partial charge in [0.05, 0.1) is 12.5 Å². The average Bonchev–Trinajstić information content (AvgIpc) is 3.00. The predicted molar refractivity (Wildman–Crippen MR) is 93.7 cm³/mol. The Morgan fingerprint density at radius 2 is 1.91 bits per heavy atom. The second kappa shape index (κ2) is 7.39. The Balaban J connectivity index is 2.11. The molecule has 1 fully saturated rings. The molecule has 0 unspecified atom stereocenters. The fraction of sp³-hybridized carbons (Fsp3) is 0.556. The molecule has 1 heterocycles. The Bertz CT molecular complexity index is 563. The van der Waals surface area contributed by atoms with Gasteiger partial charge in [-0.1, -0.05) is 39.8 Å². The summed E-state index contributed by atoms with van der Waals surface area (Å²) in [4.78, 5) is 26.4. The Kier molecular flexibility index (Phi) is 5.74. The van der Waals surface area contributed by atoms with Crippen LogP contribution in [0.3, 0.4) is 0 Å². The van der Waals surface area contributed by atoms with Crippen LogP contribution in [0.25, 0.3) is 0 Å². The number of hydrogen-bond acceptors (Lipinski definition) is 4. The first-order valence-corrected chi connectivity index (χ1v) is 9.16. The van der Waals surface area contributed by atoms with Crippen LogP contribution in [0, 0.1) is 0 Å². The topological polar surface area (TPSA) is 46.6 Å². The van der Waals surface area contributed by atoms with Crippen molar-refractivity contribution < 1.29 is 14.3 Å². The predicted octanol–water partition coefficient (Wildman–Crippen LogP) is 3.45. The zero-order valence-corrected chi connectivity index (χ0v) is 15.1. The Morgan fingerprint density at radius 1 is 1.26 bits per heavy atom. The molecule has 0 N–H and O–H groups in total. The number of thioether (sulfide) groups is 1. The summed E-state index contributed by atoms with van der Waals surface area (Å²) >= 11 is 1.59. The third-order valence-electron chi connectivity index (χ3n) is 3.86. The zero-order chi connectivity index (χ0) is 17.0. The van der Waals surface area contributed by atoms with E-state index in [1.165, 1.54) is 5.56 Å². The van der Waals surface area contributed by atoms with Gasteiger partial charge in [0.15, 0.2) is 0 Å². The summed E-state index contributed by atoms with van der Waals surface area (Å²) < 4.78 is 5.21. The molecule has 1 aliphatic rings. The molecular formula is C18H25NO3S. The fourth-order valence-corrected chi connectivity index (χ4v) is 3.55. The molecule has 23 heavy (non-hydrogen) atoms. The van der Waals surface area contributed by atoms with Crippen LogP contribution in [-0.2, 0) is 14.9 Å². The molecular weight excluding hydrogens is 310 g/mol. The van der Waals surface area contributed by atoms with Gasteiger partial charge in [-0.05, 0) is 29.5 Å². The molecule has 2 rings (SSSR count). The number of amides is 1. The van der Waals surface area contributed by atoms with Gasteiger partial charge in [-0.25, -0.2) is 4.79 Å². The molecule has 126 valence electrons. The molecule has 0 radical (unpaired) electrons. The van der Waals surface area contributed by atoms with Crippen LogP contribution in [0.5, 0.6) is 0 Å². The summed E-state index contributed by atoms with van der Waals surface area (Å²) in [5, 5.41) is 0. The minimum Gasteiger partial charge on any atom is -0.464 e. The molecule has 4 nitrogen and oxygen atoms in total. The number of carbonyl (C=O) groups is 2. The van der Waals surface area contributed by atoms with Crippen LogP contribution < -0.4 is 0 Å². The largest absolute Gasteiger partial charge is 0.464 e. The smallest absolute Gasteiger partial charge is 0.329 e. The molecule has 1 atom stereocenters. The molecule has 0 bridgehead atoms. The standard InChI is InChI=1S/C18H25NO3S/c1-5-10-22-17(21)15-11-23-12-19(15)16(20)13-6-8-14(9-7-13)18(2,3)4/h6-9,15H,5,10-12H2,1-4H3/t15-/m0/s1. The maximum absolute atomic E-state index is 12.7. The Morgan fingerprint density at radius 3 is 2.48 bits per heavy atom. The number of rotatable bonds is 4. The molecule has 0 saturated carbocycles. The summed E-state index contributed by atoms with van der Waals surface area (Å²) in [7, 11) is 0. The number of hydrogen-bond donors (Lipinski definition) is 0. The van der Waals surface area contributed by atoms with E-state index in [0.29, 0.717) is 23.8 Å². The fourth-order valence-electron chi connectivity index (χ4n) is 2.42. The number of carbonyl (C=O) groups excluding carboxylic acids is 2. The van der Waals surface area contributed by atoms with Gasteiger partial charge in [0, 0.05) is 11.3 Å². The van der Waals surface area contributed by atoms with Gasteiger partial charge in [-0.15, -0.1) is 11.8 Å². The third-order valence-corrected chi connectivity index (χ3v) is 4.87. The summed E-state index contributed by atoms with van der Waals surface area (Å²) in [6.45, 7) is 8.78. The van der Waals surface area contributed by atoms with Crippen molar-refractivity contribution in [2.75, 3.05) is 18.2 Å². The number of benzene rings is 1. The van der Waals surface area contributed by atoms with E-state index < -0.39 is 6.04 Å². The lowest BCUT2D eigenvalue weighted by atomic mass is 9.86. The minimum absolute atomic E-state index is 0.0531. The highest BCUT2D eigenvalue weighted by molar-refractivity contribution is 7.99. The minimum atomic E-state index is -0.471. The molecule has 1 aromatic rings. The zero-order valence-electron chi connectivity index (χ0n) is 14.3. The first kappa shape index (κ1) is 17.9. The highest BCUT2D eigenvalue weighted by Gasteiger charge is 2.36. The van der Waals surface area contributed by atoms with E-state index in [1.807, 2.05) is 31.2 Å². The highest BCUT2D eigenvalue weighted by atomic mass is 32.2. The molecule has 1 aromatic carbocycles. The quantitative estimate of drug-likeness (QED) is 0.791. The maximum Gasteiger partial charge on any atom is 0.329 e. The Labute approximate surface area is 142 Å². The van der Waals surface area contributed by atoms with Crippen molar-refractivity contribution in [1.82, 2.24) is 4.90 Å². The van der Waals surface area contributed by atoms with Crippen LogP contribution in [0.4, 0.5) is 0 Å². The van der Waals surface area contributed by atoms with Crippen LogP contribution >= 0.6 is 11.8 Å². The van der Waals surface area contributed by atoms with Gasteiger partial charge in [-0.2, -0.15) is 0 Å². The first-order valence-electron chi connectivity index (χ1n) is 8.00. The number of nitrogens with zero attached hydrogens (tertiary/aromatic N) is 1. The van der Waals surface area contributed by atoms with Crippen molar-refractivity contribution in [1.29, 1.82) is 0 Å². The lowest BCUT2D eigenvalue weighted by Gasteiger charge is -2.23. The lowest BCUT2D eigenvalue weighted by molar-refractivity contribution is -0.147. The highest BCUT2D eigenvalue weighted by Crippen LogP contribution is 2.26. The van der Waals surface area contributed by atoms with Gasteiger partial charge < -0.3 is 9.64 Å². The van der Waals surface area contributed by atoms with E-state index in [1.54, 1.807) is 16.7 Å². The second-order valence-electron chi connectivity index (χ2n) is 6.79. The maximum atomic E-state index is 12.7. The van der Waals surface area contributed by atoms with Gasteiger partial charge in [0.2, 0.25) is 0 Å². The van der Waals surface area contributed by atoms with Crippen molar-refractivity contribution in [3.63, 3.8) is 0 Å². The number of ether oxygens (including phenoxy) is 1. The second-order valence-corrected chi connectivity index (χ2v) is 7.79. The normalized spacial score (nSPS) is 18.1. The molecule has 0 spiro atoms. The lowest BCUT2D eigenvalue weighted by Crippen LogP contribution is -2.42. The molecule has 1 amide bonds. The SMILES string of the molecule is CCCOC(=O)[C@@H]1CSCN1C(=O)c1ccc(C(C)(C)C)cc1. The van der Waals surface area contributed by atoms with E-state index in [4.69, 9.17) is 4.74 Å². The van der Waals surface area contributed by atoms with Gasteiger partial charge in [-0.3, -0.25) is 4.79 Å². The van der Waals surface area contributed by atoms with E-state index in [9.17, 15) is 9.59 Å².